The summed E-state index contributed by atoms with van der Waals surface area (Å²) in [6.45, 7) is 10.1. The zero-order valence-electron chi connectivity index (χ0n) is 14.7. The van der Waals surface area contributed by atoms with Crippen LogP contribution in [0.3, 0.4) is 0 Å². The number of hydrogen-bond donors (Lipinski definition) is 0. The smallest absolute Gasteiger partial charge is 0.330 e. The second-order valence-corrected chi connectivity index (χ2v) is 7.07. The third-order valence-corrected chi connectivity index (χ3v) is 5.96. The van der Waals surface area contributed by atoms with Crippen LogP contribution in [0.2, 0.25) is 0 Å². The van der Waals surface area contributed by atoms with Crippen LogP contribution in [-0.2, 0) is 19.1 Å². The first-order valence-corrected chi connectivity index (χ1v) is 9.19. The molecule has 0 aromatic carbocycles. The van der Waals surface area contributed by atoms with Gasteiger partial charge in [0.1, 0.15) is 0 Å². The number of hydrogen-bond acceptors (Lipinski definition) is 4. The molecule has 2 rings (SSSR count). The van der Waals surface area contributed by atoms with Crippen LogP contribution in [-0.4, -0.2) is 25.2 Å². The molecule has 0 aliphatic heterocycles. The van der Waals surface area contributed by atoms with E-state index in [-0.39, 0.29) is 11.9 Å². The minimum atomic E-state index is -0.330. The maximum absolute atomic E-state index is 11.2. The van der Waals surface area contributed by atoms with E-state index in [2.05, 4.69) is 20.1 Å². The normalized spacial score (nSPS) is 30.8. The molecule has 24 heavy (non-hydrogen) atoms. The summed E-state index contributed by atoms with van der Waals surface area (Å²) in [7, 11) is 0. The molecule has 2 bridgehead atoms. The molecule has 0 radical (unpaired) electrons. The van der Waals surface area contributed by atoms with Gasteiger partial charge in [-0.05, 0) is 61.7 Å². The Morgan fingerprint density at radius 2 is 1.67 bits per heavy atom. The molecule has 0 aromatic heterocycles. The average molecular weight is 334 g/mol. The lowest BCUT2D eigenvalue weighted by molar-refractivity contribution is -0.138. The Kier molecular flexibility index (Phi) is 7.07. The van der Waals surface area contributed by atoms with Gasteiger partial charge in [0.15, 0.2) is 0 Å². The highest BCUT2D eigenvalue weighted by Crippen LogP contribution is 2.58. The molecule has 0 spiro atoms. The lowest BCUT2D eigenvalue weighted by Gasteiger charge is -2.35. The van der Waals surface area contributed by atoms with Crippen molar-refractivity contribution in [3.05, 3.63) is 25.3 Å². The fraction of sp³-hybridized carbons (Fsp3) is 0.700. The quantitative estimate of drug-likeness (QED) is 0.345. The summed E-state index contributed by atoms with van der Waals surface area (Å²) in [5.41, 5.74) is 0. The number of carbonyl (C=O) groups excluding carboxylic acids is 2. The molecule has 4 nitrogen and oxygen atoms in total. The molecule has 0 saturated heterocycles. The van der Waals surface area contributed by atoms with Crippen LogP contribution in [0.4, 0.5) is 0 Å². The van der Waals surface area contributed by atoms with Crippen molar-refractivity contribution in [1.82, 2.24) is 0 Å². The minimum Gasteiger partial charge on any atom is -0.463 e. The molecular weight excluding hydrogens is 304 g/mol. The van der Waals surface area contributed by atoms with Gasteiger partial charge in [0.2, 0.25) is 0 Å². The fourth-order valence-electron chi connectivity index (χ4n) is 5.05. The lowest BCUT2D eigenvalue weighted by atomic mass is 9.70. The molecule has 2 fully saturated rings. The third-order valence-electron chi connectivity index (χ3n) is 5.96. The van der Waals surface area contributed by atoms with E-state index in [0.29, 0.717) is 19.1 Å². The first-order valence-electron chi connectivity index (χ1n) is 9.19. The van der Waals surface area contributed by atoms with Crippen LogP contribution in [0, 0.1) is 29.6 Å². The second kappa shape index (κ2) is 9.05. The molecular formula is C20H30O4. The Morgan fingerprint density at radius 3 is 2.29 bits per heavy atom. The SMILES string of the molecule is C=CC(=O)OCCCC1C2CC(CCOC(=O)C=C)C(C2)C1CC. The fourth-order valence-corrected chi connectivity index (χ4v) is 5.05. The van der Waals surface area contributed by atoms with Gasteiger partial charge >= 0.3 is 11.9 Å². The van der Waals surface area contributed by atoms with E-state index >= 15 is 0 Å². The maximum atomic E-state index is 11.2. The summed E-state index contributed by atoms with van der Waals surface area (Å²) < 4.78 is 10.2. The van der Waals surface area contributed by atoms with Crippen molar-refractivity contribution in [2.75, 3.05) is 13.2 Å². The molecule has 0 heterocycles. The van der Waals surface area contributed by atoms with Crippen molar-refractivity contribution in [2.24, 2.45) is 29.6 Å². The van der Waals surface area contributed by atoms with Gasteiger partial charge in [-0.2, -0.15) is 0 Å². The molecule has 0 N–H and O–H groups in total. The van der Waals surface area contributed by atoms with Gasteiger partial charge in [-0.1, -0.05) is 26.5 Å². The van der Waals surface area contributed by atoms with Crippen molar-refractivity contribution in [3.8, 4) is 0 Å². The minimum absolute atomic E-state index is 0.322. The van der Waals surface area contributed by atoms with Gasteiger partial charge in [0, 0.05) is 12.2 Å². The highest BCUT2D eigenvalue weighted by Gasteiger charge is 2.50. The first-order chi connectivity index (χ1) is 11.6. The monoisotopic (exact) mass is 334 g/mol. The van der Waals surface area contributed by atoms with Crippen molar-refractivity contribution >= 4 is 11.9 Å². The predicted molar refractivity (Wildman–Crippen MR) is 93.1 cm³/mol. The second-order valence-electron chi connectivity index (χ2n) is 7.07. The van der Waals surface area contributed by atoms with Gasteiger partial charge in [-0.3, -0.25) is 0 Å². The average Bonchev–Trinajstić information content (AvgIpc) is 3.15. The maximum Gasteiger partial charge on any atom is 0.330 e. The van der Waals surface area contributed by atoms with Crippen LogP contribution < -0.4 is 0 Å². The van der Waals surface area contributed by atoms with Gasteiger partial charge in [0.05, 0.1) is 13.2 Å². The number of fused-ring (bicyclic) bond motifs is 2. The van der Waals surface area contributed by atoms with E-state index in [1.54, 1.807) is 0 Å². The predicted octanol–water partition coefficient (Wildman–Crippen LogP) is 3.91. The molecule has 134 valence electrons. The number of esters is 2. The van der Waals surface area contributed by atoms with E-state index in [9.17, 15) is 9.59 Å². The summed E-state index contributed by atoms with van der Waals surface area (Å²) in [5, 5.41) is 0. The van der Waals surface area contributed by atoms with Gasteiger partial charge in [-0.25, -0.2) is 9.59 Å². The zero-order valence-corrected chi connectivity index (χ0v) is 14.7. The van der Waals surface area contributed by atoms with Crippen molar-refractivity contribution in [1.29, 1.82) is 0 Å². The van der Waals surface area contributed by atoms with E-state index in [0.717, 1.165) is 42.9 Å². The highest BCUT2D eigenvalue weighted by atomic mass is 16.5. The Balaban J connectivity index is 1.76. The van der Waals surface area contributed by atoms with Crippen molar-refractivity contribution in [2.45, 2.75) is 45.4 Å². The van der Waals surface area contributed by atoms with E-state index in [4.69, 9.17) is 9.47 Å². The molecule has 2 saturated carbocycles. The topological polar surface area (TPSA) is 52.6 Å². The number of carbonyl (C=O) groups is 2. The van der Waals surface area contributed by atoms with Crippen LogP contribution in [0.1, 0.15) is 45.4 Å². The van der Waals surface area contributed by atoms with Crippen LogP contribution >= 0.6 is 0 Å². The van der Waals surface area contributed by atoms with E-state index < -0.39 is 0 Å². The Labute approximate surface area is 145 Å². The largest absolute Gasteiger partial charge is 0.463 e. The first kappa shape index (κ1) is 18.8. The van der Waals surface area contributed by atoms with Gasteiger partial charge < -0.3 is 9.47 Å². The number of rotatable bonds is 10. The molecule has 5 atom stereocenters. The van der Waals surface area contributed by atoms with Crippen molar-refractivity contribution < 1.29 is 19.1 Å². The Morgan fingerprint density at radius 1 is 1.00 bits per heavy atom. The summed E-state index contributed by atoms with van der Waals surface area (Å²) in [6.07, 6.45) is 9.27. The standard InChI is InChI=1S/C20H30O4/c1-4-16-17(8-7-10-23-19(21)5-2)15-12-14(18(16)13-15)9-11-24-20(22)6-3/h5-6,14-18H,2-4,7-13H2,1H3. The molecule has 2 aliphatic carbocycles. The van der Waals surface area contributed by atoms with Gasteiger partial charge in [-0.15, -0.1) is 0 Å². The summed E-state index contributed by atoms with van der Waals surface area (Å²) in [5.74, 6) is 3.11. The van der Waals surface area contributed by atoms with Gasteiger partial charge in [0.25, 0.3) is 0 Å². The van der Waals surface area contributed by atoms with Crippen LogP contribution in [0.25, 0.3) is 0 Å². The van der Waals surface area contributed by atoms with Crippen LogP contribution in [0.5, 0.6) is 0 Å². The molecule has 0 aromatic rings. The molecule has 5 unspecified atom stereocenters. The Bertz CT molecular complexity index is 468. The highest BCUT2D eigenvalue weighted by molar-refractivity contribution is 5.81. The van der Waals surface area contributed by atoms with E-state index in [1.807, 2.05) is 0 Å². The van der Waals surface area contributed by atoms with Crippen LogP contribution in [0.15, 0.2) is 25.3 Å². The van der Waals surface area contributed by atoms with E-state index in [1.165, 1.54) is 31.4 Å². The molecule has 0 amide bonds. The third kappa shape index (κ3) is 4.49. The zero-order chi connectivity index (χ0) is 17.5. The summed E-state index contributed by atoms with van der Waals surface area (Å²) >= 11 is 0. The number of ether oxygens (including phenoxy) is 2. The Hall–Kier alpha value is -1.58. The molecule has 2 aliphatic rings. The van der Waals surface area contributed by atoms with Crippen molar-refractivity contribution in [3.63, 3.8) is 0 Å². The summed E-state index contributed by atoms with van der Waals surface area (Å²) in [6, 6.07) is 0. The summed E-state index contributed by atoms with van der Waals surface area (Å²) in [4.78, 5) is 22.2. The lowest BCUT2D eigenvalue weighted by Crippen LogP contribution is -2.29. The molecule has 4 heteroatoms.